The number of rotatable bonds is 2. The lowest BCUT2D eigenvalue weighted by molar-refractivity contribution is 0.0450. The third kappa shape index (κ3) is 6.00. The Bertz CT molecular complexity index is 342. The average molecular weight is 502 g/mol. The number of halogens is 4. The minimum atomic E-state index is -0.954. The molecule has 0 heterocycles. The number of aliphatic hydroxyl groups excluding tert-OH is 3. The Morgan fingerprint density at radius 2 is 1.41 bits per heavy atom. The second kappa shape index (κ2) is 8.84. The van der Waals surface area contributed by atoms with Crippen LogP contribution in [0.25, 0.3) is 0 Å². The van der Waals surface area contributed by atoms with Gasteiger partial charge in [0.25, 0.3) is 0 Å². The van der Waals surface area contributed by atoms with E-state index in [0.29, 0.717) is 4.47 Å². The van der Waals surface area contributed by atoms with E-state index in [1.807, 2.05) is 0 Å². The molecule has 8 heteroatoms. The summed E-state index contributed by atoms with van der Waals surface area (Å²) in [4.78, 5) is 0. The van der Waals surface area contributed by atoms with Crippen LogP contribution in [0.3, 0.4) is 0 Å². The van der Waals surface area contributed by atoms with E-state index in [9.17, 15) is 5.11 Å². The predicted molar refractivity (Wildman–Crippen MR) is 79.1 cm³/mol. The summed E-state index contributed by atoms with van der Waals surface area (Å²) in [6.07, 6.45) is -0.954. The van der Waals surface area contributed by atoms with E-state index < -0.39 is 6.10 Å². The van der Waals surface area contributed by atoms with Crippen molar-refractivity contribution in [2.24, 2.45) is 0 Å². The molecule has 0 aliphatic rings. The van der Waals surface area contributed by atoms with Crippen LogP contribution in [0, 0.1) is 0 Å². The molecule has 1 rings (SSSR count). The molecule has 0 atom stereocenters. The largest absolute Gasteiger partial charge is 0.507 e. The van der Waals surface area contributed by atoms with Crippen molar-refractivity contribution in [2.75, 3.05) is 13.2 Å². The second-order valence-corrected chi connectivity index (χ2v) is 6.07. The molecule has 0 amide bonds. The lowest BCUT2D eigenvalue weighted by atomic mass is 10.3. The van der Waals surface area contributed by atoms with Crippen molar-refractivity contribution in [3.8, 4) is 5.75 Å². The number of hydrogen-bond acceptors (Lipinski definition) is 4. The summed E-state index contributed by atoms with van der Waals surface area (Å²) in [5, 5.41) is 33.3. The number of benzene rings is 1. The molecule has 0 bridgehead atoms. The van der Waals surface area contributed by atoms with Gasteiger partial charge in [-0.3, -0.25) is 0 Å². The molecule has 1 aromatic carbocycles. The van der Waals surface area contributed by atoms with Crippen LogP contribution >= 0.6 is 63.7 Å². The van der Waals surface area contributed by atoms with Crippen molar-refractivity contribution >= 4 is 63.7 Å². The molecule has 1 aromatic rings. The van der Waals surface area contributed by atoms with E-state index in [1.165, 1.54) is 0 Å². The summed E-state index contributed by atoms with van der Waals surface area (Å²) in [6.45, 7) is -0.729. The molecule has 0 aliphatic carbocycles. The Morgan fingerprint density at radius 3 is 1.76 bits per heavy atom. The molecule has 17 heavy (non-hydrogen) atoms. The second-order valence-electron chi connectivity index (χ2n) is 2.84. The fourth-order valence-electron chi connectivity index (χ4n) is 0.618. The van der Waals surface area contributed by atoms with E-state index in [1.54, 1.807) is 6.07 Å². The van der Waals surface area contributed by atoms with Gasteiger partial charge < -0.3 is 20.4 Å². The van der Waals surface area contributed by atoms with Gasteiger partial charge in [-0.1, -0.05) is 0 Å². The van der Waals surface area contributed by atoms with E-state index in [2.05, 4.69) is 63.7 Å². The Balaban J connectivity index is 0.000000366. The first-order chi connectivity index (χ1) is 7.84. The highest BCUT2D eigenvalue weighted by Gasteiger charge is 2.09. The fraction of sp³-hybridized carbons (Fsp3) is 0.333. The van der Waals surface area contributed by atoms with Crippen LogP contribution in [0.15, 0.2) is 24.0 Å². The van der Waals surface area contributed by atoms with Crippen molar-refractivity contribution in [3.63, 3.8) is 0 Å². The maximum absolute atomic E-state index is 9.28. The third-order valence-electron chi connectivity index (χ3n) is 1.50. The van der Waals surface area contributed by atoms with Crippen molar-refractivity contribution in [3.05, 3.63) is 24.0 Å². The van der Waals surface area contributed by atoms with Gasteiger partial charge >= 0.3 is 0 Å². The van der Waals surface area contributed by atoms with Crippen LogP contribution in [0.1, 0.15) is 0 Å². The zero-order valence-corrected chi connectivity index (χ0v) is 14.7. The molecular weight excluding hydrogens is 492 g/mol. The fourth-order valence-corrected chi connectivity index (χ4v) is 2.61. The molecule has 98 valence electrons. The van der Waals surface area contributed by atoms with Gasteiger partial charge in [-0.25, -0.2) is 0 Å². The summed E-state index contributed by atoms with van der Waals surface area (Å²) in [5.74, 6) is 0.201. The van der Waals surface area contributed by atoms with Crippen molar-refractivity contribution in [1.29, 1.82) is 0 Å². The molecule has 4 nitrogen and oxygen atoms in total. The van der Waals surface area contributed by atoms with Crippen molar-refractivity contribution in [1.82, 2.24) is 0 Å². The molecule has 0 radical (unpaired) electrons. The Hall–Kier alpha value is 0.820. The van der Waals surface area contributed by atoms with Crippen LogP contribution < -0.4 is 0 Å². The molecule has 0 unspecified atom stereocenters. The van der Waals surface area contributed by atoms with Crippen molar-refractivity contribution in [2.45, 2.75) is 6.10 Å². The zero-order chi connectivity index (χ0) is 13.6. The highest BCUT2D eigenvalue weighted by molar-refractivity contribution is 9.15. The lowest BCUT2D eigenvalue weighted by Crippen LogP contribution is -2.15. The first-order valence-corrected chi connectivity index (χ1v) is 7.44. The van der Waals surface area contributed by atoms with Crippen LogP contribution in [0.2, 0.25) is 0 Å². The summed E-state index contributed by atoms with van der Waals surface area (Å²) in [5.41, 5.74) is 0. The zero-order valence-electron chi connectivity index (χ0n) is 8.37. The minimum Gasteiger partial charge on any atom is -0.507 e. The van der Waals surface area contributed by atoms with E-state index >= 15 is 0 Å². The van der Waals surface area contributed by atoms with Crippen LogP contribution in [-0.2, 0) is 0 Å². The Morgan fingerprint density at radius 1 is 0.941 bits per heavy atom. The maximum atomic E-state index is 9.28. The van der Waals surface area contributed by atoms with Gasteiger partial charge in [0.1, 0.15) is 11.9 Å². The van der Waals surface area contributed by atoms with Gasteiger partial charge in [0.2, 0.25) is 0 Å². The monoisotopic (exact) mass is 498 g/mol. The van der Waals surface area contributed by atoms with Crippen LogP contribution in [-0.4, -0.2) is 39.7 Å². The summed E-state index contributed by atoms with van der Waals surface area (Å²) in [7, 11) is 0. The van der Waals surface area contributed by atoms with Gasteiger partial charge in [0.05, 0.1) is 22.2 Å². The van der Waals surface area contributed by atoms with Crippen LogP contribution in [0.5, 0.6) is 5.75 Å². The van der Waals surface area contributed by atoms with Crippen molar-refractivity contribution < 1.29 is 20.4 Å². The Kier molecular flexibility index (Phi) is 9.27. The van der Waals surface area contributed by atoms with Crippen LogP contribution in [0.4, 0.5) is 0 Å². The standard InChI is InChI=1S/C6H2Br4O.C3H8O3/c7-2-1-3(11)5(9)6(10)4(2)8;4-1-3(6)2-5/h1,11H;3-6H,1-2H2. The minimum absolute atomic E-state index is 0.201. The molecule has 0 aliphatic heterocycles. The van der Waals surface area contributed by atoms with E-state index in [-0.39, 0.29) is 19.0 Å². The van der Waals surface area contributed by atoms with Gasteiger partial charge in [-0.2, -0.15) is 0 Å². The lowest BCUT2D eigenvalue weighted by Gasteiger charge is -2.03. The van der Waals surface area contributed by atoms with Gasteiger partial charge in [-0.05, 0) is 69.8 Å². The van der Waals surface area contributed by atoms with E-state index in [4.69, 9.17) is 15.3 Å². The normalized spacial score (nSPS) is 10.1. The average Bonchev–Trinajstić information content (AvgIpc) is 2.33. The molecule has 0 aromatic heterocycles. The molecule has 0 saturated carbocycles. The number of aliphatic hydroxyl groups is 3. The molecule has 0 fully saturated rings. The first kappa shape index (κ1) is 17.8. The number of aromatic hydroxyl groups is 1. The number of phenols is 1. The SMILES string of the molecule is OCC(O)CO.Oc1cc(Br)c(Br)c(Br)c1Br. The molecule has 0 spiro atoms. The third-order valence-corrected chi connectivity index (χ3v) is 6.15. The highest BCUT2D eigenvalue weighted by atomic mass is 79.9. The number of phenolic OH excluding ortho intramolecular Hbond substituents is 1. The van der Waals surface area contributed by atoms with Gasteiger partial charge in [-0.15, -0.1) is 0 Å². The summed E-state index contributed by atoms with van der Waals surface area (Å²) < 4.78 is 3.13. The number of hydrogen-bond donors (Lipinski definition) is 4. The van der Waals surface area contributed by atoms with Gasteiger partial charge in [0.15, 0.2) is 0 Å². The first-order valence-electron chi connectivity index (χ1n) is 4.26. The van der Waals surface area contributed by atoms with E-state index in [0.717, 1.165) is 13.4 Å². The predicted octanol–water partition coefficient (Wildman–Crippen LogP) is 2.77. The quantitative estimate of drug-likeness (QED) is 0.371. The topological polar surface area (TPSA) is 80.9 Å². The molecule has 0 saturated heterocycles. The highest BCUT2D eigenvalue weighted by Crippen LogP contribution is 2.41. The summed E-state index contributed by atoms with van der Waals surface area (Å²) in [6, 6.07) is 1.61. The molecular formula is C9H10Br4O4. The molecule has 4 N–H and O–H groups in total. The van der Waals surface area contributed by atoms with Gasteiger partial charge in [0, 0.05) is 8.95 Å². The smallest absolute Gasteiger partial charge is 0.132 e. The summed E-state index contributed by atoms with van der Waals surface area (Å²) >= 11 is 13.1. The maximum Gasteiger partial charge on any atom is 0.132 e. The Labute approximate surface area is 132 Å².